The van der Waals surface area contributed by atoms with E-state index in [2.05, 4.69) is 13.8 Å². The summed E-state index contributed by atoms with van der Waals surface area (Å²) in [5, 5.41) is 9.05. The third kappa shape index (κ3) is 1.96. The first-order chi connectivity index (χ1) is 5.19. The monoisotopic (exact) mass is 156 g/mol. The van der Waals surface area contributed by atoms with Gasteiger partial charge in [-0.2, -0.15) is 0 Å². The second-order valence-corrected chi connectivity index (χ2v) is 4.30. The van der Waals surface area contributed by atoms with E-state index in [4.69, 9.17) is 5.11 Å². The first-order valence-electron chi connectivity index (χ1n) is 4.80. The first kappa shape index (κ1) is 9.05. The van der Waals surface area contributed by atoms with Crippen molar-refractivity contribution in [3.8, 4) is 0 Å². The Kier molecular flexibility index (Phi) is 2.94. The number of aliphatic hydroxyl groups excluding tert-OH is 1. The van der Waals surface area contributed by atoms with Crippen LogP contribution in [-0.4, -0.2) is 11.7 Å². The van der Waals surface area contributed by atoms with Crippen LogP contribution < -0.4 is 0 Å². The zero-order chi connectivity index (χ0) is 8.32. The van der Waals surface area contributed by atoms with Crippen LogP contribution >= 0.6 is 0 Å². The SMILES string of the molecule is C[C@@H](CO)C1(C)CCCCC1. The van der Waals surface area contributed by atoms with E-state index in [0.29, 0.717) is 17.9 Å². The molecule has 0 aromatic heterocycles. The normalized spacial score (nSPS) is 26.5. The zero-order valence-electron chi connectivity index (χ0n) is 7.77. The highest BCUT2D eigenvalue weighted by molar-refractivity contribution is 4.82. The van der Waals surface area contributed by atoms with E-state index >= 15 is 0 Å². The van der Waals surface area contributed by atoms with Gasteiger partial charge >= 0.3 is 0 Å². The van der Waals surface area contributed by atoms with Crippen LogP contribution in [0.3, 0.4) is 0 Å². The van der Waals surface area contributed by atoms with E-state index in [9.17, 15) is 0 Å². The molecule has 1 fully saturated rings. The molecule has 66 valence electrons. The Morgan fingerprint density at radius 3 is 2.27 bits per heavy atom. The van der Waals surface area contributed by atoms with Crippen LogP contribution in [0.15, 0.2) is 0 Å². The highest BCUT2D eigenvalue weighted by Crippen LogP contribution is 2.41. The zero-order valence-corrected chi connectivity index (χ0v) is 7.77. The van der Waals surface area contributed by atoms with E-state index in [0.717, 1.165) is 0 Å². The summed E-state index contributed by atoms with van der Waals surface area (Å²) >= 11 is 0. The molecule has 0 bridgehead atoms. The van der Waals surface area contributed by atoms with Crippen LogP contribution in [0.2, 0.25) is 0 Å². The lowest BCUT2D eigenvalue weighted by Crippen LogP contribution is -2.30. The smallest absolute Gasteiger partial charge is 0.0461 e. The minimum atomic E-state index is 0.358. The molecule has 0 amide bonds. The summed E-state index contributed by atoms with van der Waals surface area (Å²) in [4.78, 5) is 0. The van der Waals surface area contributed by atoms with Crippen LogP contribution in [-0.2, 0) is 0 Å². The maximum Gasteiger partial charge on any atom is 0.0461 e. The number of aliphatic hydroxyl groups is 1. The highest BCUT2D eigenvalue weighted by Gasteiger charge is 2.31. The topological polar surface area (TPSA) is 20.2 Å². The maximum absolute atomic E-state index is 9.05. The van der Waals surface area contributed by atoms with Gasteiger partial charge in [0.25, 0.3) is 0 Å². The van der Waals surface area contributed by atoms with Crippen molar-refractivity contribution in [2.75, 3.05) is 6.61 Å². The molecular weight excluding hydrogens is 136 g/mol. The van der Waals surface area contributed by atoms with Crippen molar-refractivity contribution >= 4 is 0 Å². The van der Waals surface area contributed by atoms with E-state index in [-0.39, 0.29) is 0 Å². The minimum Gasteiger partial charge on any atom is -0.396 e. The molecule has 1 atom stereocenters. The van der Waals surface area contributed by atoms with Gasteiger partial charge in [-0.15, -0.1) is 0 Å². The van der Waals surface area contributed by atoms with E-state index in [1.54, 1.807) is 0 Å². The Balaban J connectivity index is 2.49. The molecule has 1 saturated carbocycles. The molecule has 11 heavy (non-hydrogen) atoms. The average Bonchev–Trinajstić information content (AvgIpc) is 2.04. The van der Waals surface area contributed by atoms with Crippen LogP contribution in [0.5, 0.6) is 0 Å². The third-order valence-corrected chi connectivity index (χ3v) is 3.46. The van der Waals surface area contributed by atoms with Crippen molar-refractivity contribution in [1.29, 1.82) is 0 Å². The lowest BCUT2D eigenvalue weighted by atomic mass is 9.68. The molecule has 0 saturated heterocycles. The van der Waals surface area contributed by atoms with Crippen molar-refractivity contribution in [1.82, 2.24) is 0 Å². The summed E-state index contributed by atoms with van der Waals surface area (Å²) in [6.07, 6.45) is 6.75. The lowest BCUT2D eigenvalue weighted by molar-refractivity contribution is 0.0777. The summed E-state index contributed by atoms with van der Waals surface area (Å²) < 4.78 is 0. The number of hydrogen-bond donors (Lipinski definition) is 1. The van der Waals surface area contributed by atoms with E-state index < -0.39 is 0 Å². The quantitative estimate of drug-likeness (QED) is 0.651. The summed E-state index contributed by atoms with van der Waals surface area (Å²) in [6.45, 7) is 4.86. The minimum absolute atomic E-state index is 0.358. The molecule has 0 spiro atoms. The molecule has 0 aromatic rings. The summed E-state index contributed by atoms with van der Waals surface area (Å²) in [5.41, 5.74) is 0.438. The van der Waals surface area contributed by atoms with Gasteiger partial charge in [0.2, 0.25) is 0 Å². The van der Waals surface area contributed by atoms with Gasteiger partial charge in [-0.3, -0.25) is 0 Å². The van der Waals surface area contributed by atoms with Crippen LogP contribution in [0.1, 0.15) is 46.0 Å². The molecule has 1 aliphatic rings. The standard InChI is InChI=1S/C10H20O/c1-9(8-11)10(2)6-4-3-5-7-10/h9,11H,3-8H2,1-2H3/t9-/m0/s1. The lowest BCUT2D eigenvalue weighted by Gasteiger charge is -2.38. The van der Waals surface area contributed by atoms with Gasteiger partial charge in [0.1, 0.15) is 0 Å². The highest BCUT2D eigenvalue weighted by atomic mass is 16.3. The summed E-state index contributed by atoms with van der Waals surface area (Å²) in [7, 11) is 0. The van der Waals surface area contributed by atoms with Crippen molar-refractivity contribution in [2.45, 2.75) is 46.0 Å². The van der Waals surface area contributed by atoms with Gasteiger partial charge in [-0.25, -0.2) is 0 Å². The van der Waals surface area contributed by atoms with Crippen molar-refractivity contribution in [3.05, 3.63) is 0 Å². The predicted molar refractivity (Wildman–Crippen MR) is 47.4 cm³/mol. The van der Waals surface area contributed by atoms with Crippen LogP contribution in [0.25, 0.3) is 0 Å². The molecule has 1 rings (SSSR count). The Morgan fingerprint density at radius 2 is 1.82 bits per heavy atom. The Bertz CT molecular complexity index is 114. The molecule has 1 N–H and O–H groups in total. The van der Waals surface area contributed by atoms with Crippen LogP contribution in [0, 0.1) is 11.3 Å². The molecule has 0 aromatic carbocycles. The van der Waals surface area contributed by atoms with Gasteiger partial charge in [0, 0.05) is 6.61 Å². The van der Waals surface area contributed by atoms with E-state index in [1.165, 1.54) is 32.1 Å². The fourth-order valence-corrected chi connectivity index (χ4v) is 2.07. The third-order valence-electron chi connectivity index (χ3n) is 3.46. The average molecular weight is 156 g/mol. The van der Waals surface area contributed by atoms with Gasteiger partial charge < -0.3 is 5.11 Å². The fourth-order valence-electron chi connectivity index (χ4n) is 2.07. The van der Waals surface area contributed by atoms with Gasteiger partial charge in [0.05, 0.1) is 0 Å². The maximum atomic E-state index is 9.05. The first-order valence-corrected chi connectivity index (χ1v) is 4.80. The molecule has 1 heteroatoms. The summed E-state index contributed by atoms with van der Waals surface area (Å²) in [5.74, 6) is 0.489. The fraction of sp³-hybridized carbons (Fsp3) is 1.00. The molecule has 0 aliphatic heterocycles. The Morgan fingerprint density at radius 1 is 1.27 bits per heavy atom. The van der Waals surface area contributed by atoms with E-state index in [1.807, 2.05) is 0 Å². The van der Waals surface area contributed by atoms with Gasteiger partial charge in [-0.1, -0.05) is 33.1 Å². The molecule has 1 nitrogen and oxygen atoms in total. The number of rotatable bonds is 2. The molecule has 0 unspecified atom stereocenters. The second kappa shape index (κ2) is 3.57. The van der Waals surface area contributed by atoms with Gasteiger partial charge in [0.15, 0.2) is 0 Å². The van der Waals surface area contributed by atoms with Crippen molar-refractivity contribution in [2.24, 2.45) is 11.3 Å². The largest absolute Gasteiger partial charge is 0.396 e. The van der Waals surface area contributed by atoms with Crippen LogP contribution in [0.4, 0.5) is 0 Å². The molecular formula is C10H20O. The second-order valence-electron chi connectivity index (χ2n) is 4.30. The van der Waals surface area contributed by atoms with Crippen molar-refractivity contribution in [3.63, 3.8) is 0 Å². The Labute approximate surface area is 69.8 Å². The molecule has 0 heterocycles. The summed E-state index contributed by atoms with van der Waals surface area (Å²) in [6, 6.07) is 0. The molecule has 0 radical (unpaired) electrons. The number of hydrogen-bond acceptors (Lipinski definition) is 1. The molecule has 1 aliphatic carbocycles. The van der Waals surface area contributed by atoms with Gasteiger partial charge in [-0.05, 0) is 24.2 Å². The predicted octanol–water partition coefficient (Wildman–Crippen LogP) is 2.59. The van der Waals surface area contributed by atoms with Crippen molar-refractivity contribution < 1.29 is 5.11 Å². The Hall–Kier alpha value is -0.0400.